The Morgan fingerprint density at radius 1 is 0.920 bits per heavy atom. The van der Waals surface area contributed by atoms with Crippen LogP contribution in [0.15, 0.2) is 60.7 Å². The fourth-order valence-corrected chi connectivity index (χ4v) is 3.62. The molecule has 0 bridgehead atoms. The Kier molecular flexibility index (Phi) is 5.84. The van der Waals surface area contributed by atoms with Crippen LogP contribution in [0.25, 0.3) is 0 Å². The van der Waals surface area contributed by atoms with Crippen molar-refractivity contribution < 1.29 is 9.90 Å². The van der Waals surface area contributed by atoms with Crippen LogP contribution in [0.2, 0.25) is 0 Å². The van der Waals surface area contributed by atoms with Gasteiger partial charge in [-0.15, -0.1) is 0 Å². The van der Waals surface area contributed by atoms with Crippen LogP contribution >= 0.6 is 0 Å². The van der Waals surface area contributed by atoms with E-state index in [4.69, 9.17) is 0 Å². The fraction of sp³-hybridized carbons (Fsp3) is 0.381. The summed E-state index contributed by atoms with van der Waals surface area (Å²) in [6.45, 7) is 5.59. The lowest BCUT2D eigenvalue weighted by molar-refractivity contribution is -0.139. The largest absolute Gasteiger partial charge is 0.481 e. The van der Waals surface area contributed by atoms with Gasteiger partial charge in [-0.1, -0.05) is 60.7 Å². The number of piperazine rings is 1. The zero-order valence-corrected chi connectivity index (χ0v) is 14.7. The molecule has 1 N–H and O–H groups in total. The van der Waals surface area contributed by atoms with Gasteiger partial charge in [0.15, 0.2) is 0 Å². The molecular weight excluding hydrogens is 312 g/mol. The maximum absolute atomic E-state index is 11.4. The first-order chi connectivity index (χ1) is 12.1. The third kappa shape index (κ3) is 4.91. The van der Waals surface area contributed by atoms with E-state index in [2.05, 4.69) is 53.1 Å². The fourth-order valence-electron chi connectivity index (χ4n) is 3.62. The number of rotatable bonds is 6. The molecule has 1 unspecified atom stereocenters. The zero-order chi connectivity index (χ0) is 17.6. The van der Waals surface area contributed by atoms with Crippen LogP contribution in [-0.4, -0.2) is 46.0 Å². The molecule has 2 atom stereocenters. The Morgan fingerprint density at radius 3 is 1.96 bits per heavy atom. The van der Waals surface area contributed by atoms with Crippen LogP contribution in [0.1, 0.15) is 24.5 Å². The summed E-state index contributed by atoms with van der Waals surface area (Å²) in [4.78, 5) is 16.1. The molecule has 4 heteroatoms. The summed E-state index contributed by atoms with van der Waals surface area (Å²) < 4.78 is 0. The van der Waals surface area contributed by atoms with E-state index in [1.165, 1.54) is 11.1 Å². The second kappa shape index (κ2) is 8.28. The quantitative estimate of drug-likeness (QED) is 0.878. The Labute approximate surface area is 149 Å². The van der Waals surface area contributed by atoms with Gasteiger partial charge in [-0.05, 0) is 18.1 Å². The van der Waals surface area contributed by atoms with Crippen molar-refractivity contribution in [3.8, 4) is 0 Å². The molecule has 3 rings (SSSR count). The molecule has 1 aliphatic heterocycles. The Bertz CT molecular complexity index is 675. The number of carbonyl (C=O) groups is 1. The Morgan fingerprint density at radius 2 is 1.44 bits per heavy atom. The van der Waals surface area contributed by atoms with E-state index in [1.807, 2.05) is 24.3 Å². The second-order valence-electron chi connectivity index (χ2n) is 6.93. The Balaban J connectivity index is 1.71. The lowest BCUT2D eigenvalue weighted by Crippen LogP contribution is -2.57. The van der Waals surface area contributed by atoms with E-state index >= 15 is 0 Å². The van der Waals surface area contributed by atoms with E-state index in [9.17, 15) is 9.90 Å². The van der Waals surface area contributed by atoms with Crippen LogP contribution < -0.4 is 0 Å². The lowest BCUT2D eigenvalue weighted by Gasteiger charge is -2.45. The number of nitrogens with zero attached hydrogens (tertiary/aromatic N) is 2. The summed E-state index contributed by atoms with van der Waals surface area (Å²) in [5.41, 5.74) is 2.52. The molecule has 0 aromatic heterocycles. The van der Waals surface area contributed by atoms with Crippen molar-refractivity contribution in [2.24, 2.45) is 0 Å². The molecule has 1 fully saturated rings. The van der Waals surface area contributed by atoms with Crippen molar-refractivity contribution in [2.75, 3.05) is 13.1 Å². The maximum atomic E-state index is 11.4. The van der Waals surface area contributed by atoms with E-state index in [0.717, 1.165) is 26.2 Å². The normalized spacial score (nSPS) is 22.0. The summed E-state index contributed by atoms with van der Waals surface area (Å²) in [5, 5.41) is 9.35. The minimum atomic E-state index is -0.725. The van der Waals surface area contributed by atoms with Gasteiger partial charge in [-0.25, -0.2) is 0 Å². The number of carboxylic acids is 1. The van der Waals surface area contributed by atoms with E-state index in [1.54, 1.807) is 0 Å². The van der Waals surface area contributed by atoms with Crippen molar-refractivity contribution in [1.82, 2.24) is 9.80 Å². The van der Waals surface area contributed by atoms with Crippen molar-refractivity contribution in [1.29, 1.82) is 0 Å². The average molecular weight is 338 g/mol. The Hall–Kier alpha value is -2.17. The molecule has 2 aromatic carbocycles. The third-order valence-corrected chi connectivity index (χ3v) is 4.95. The van der Waals surface area contributed by atoms with Crippen LogP contribution in [0.4, 0.5) is 0 Å². The highest BCUT2D eigenvalue weighted by molar-refractivity contribution is 5.67. The van der Waals surface area contributed by atoms with Gasteiger partial charge in [0.2, 0.25) is 0 Å². The molecule has 0 saturated carbocycles. The average Bonchev–Trinajstić information content (AvgIpc) is 2.60. The number of carboxylic acid groups (broad SMARTS) is 1. The second-order valence-corrected chi connectivity index (χ2v) is 6.93. The molecule has 0 aliphatic carbocycles. The number of aliphatic carboxylic acids is 1. The van der Waals surface area contributed by atoms with Crippen molar-refractivity contribution in [3.63, 3.8) is 0 Å². The lowest BCUT2D eigenvalue weighted by atomic mass is 10.0. The highest BCUT2D eigenvalue weighted by Gasteiger charge is 2.32. The highest BCUT2D eigenvalue weighted by atomic mass is 16.4. The monoisotopic (exact) mass is 338 g/mol. The molecular formula is C21H26N2O2. The predicted molar refractivity (Wildman–Crippen MR) is 99.2 cm³/mol. The third-order valence-electron chi connectivity index (χ3n) is 4.95. The molecule has 4 nitrogen and oxygen atoms in total. The van der Waals surface area contributed by atoms with Gasteiger partial charge in [0, 0.05) is 38.3 Å². The molecule has 0 spiro atoms. The molecule has 2 aromatic rings. The zero-order valence-electron chi connectivity index (χ0n) is 14.7. The maximum Gasteiger partial charge on any atom is 0.304 e. The van der Waals surface area contributed by atoms with Crippen molar-refractivity contribution >= 4 is 5.97 Å². The molecule has 1 aliphatic rings. The van der Waals surface area contributed by atoms with Gasteiger partial charge in [0.25, 0.3) is 0 Å². The van der Waals surface area contributed by atoms with E-state index < -0.39 is 5.97 Å². The summed E-state index contributed by atoms with van der Waals surface area (Å²) in [6.07, 6.45) is 0.185. The van der Waals surface area contributed by atoms with Gasteiger partial charge in [-0.2, -0.15) is 0 Å². The topological polar surface area (TPSA) is 43.8 Å². The SMILES string of the molecule is C[C@@H]1CN(Cc2ccccc2)C(CC(=O)O)CN1Cc1ccccc1. The van der Waals surface area contributed by atoms with E-state index in [-0.39, 0.29) is 12.5 Å². The smallest absolute Gasteiger partial charge is 0.304 e. The van der Waals surface area contributed by atoms with Gasteiger partial charge in [0.05, 0.1) is 6.42 Å². The standard InChI is InChI=1S/C21H26N2O2/c1-17-13-23(15-19-10-6-3-7-11-19)20(12-21(24)25)16-22(17)14-18-8-4-2-5-9-18/h2-11,17,20H,12-16H2,1H3,(H,24,25)/t17-,20?/m1/s1. The summed E-state index contributed by atoms with van der Waals surface area (Å²) in [7, 11) is 0. The van der Waals surface area contributed by atoms with Gasteiger partial charge in [0.1, 0.15) is 0 Å². The molecule has 0 radical (unpaired) electrons. The first-order valence-corrected chi connectivity index (χ1v) is 8.89. The molecule has 1 saturated heterocycles. The predicted octanol–water partition coefficient (Wildman–Crippen LogP) is 3.24. The minimum Gasteiger partial charge on any atom is -0.481 e. The van der Waals surface area contributed by atoms with Gasteiger partial charge >= 0.3 is 5.97 Å². The summed E-state index contributed by atoms with van der Waals surface area (Å²) in [5.74, 6) is -0.725. The number of hydrogen-bond acceptors (Lipinski definition) is 3. The minimum absolute atomic E-state index is 0.0395. The summed E-state index contributed by atoms with van der Waals surface area (Å²) in [6, 6.07) is 21.2. The van der Waals surface area contributed by atoms with Crippen molar-refractivity contribution in [2.45, 2.75) is 38.5 Å². The van der Waals surface area contributed by atoms with Crippen LogP contribution in [0.3, 0.4) is 0 Å². The van der Waals surface area contributed by atoms with Gasteiger partial charge < -0.3 is 5.11 Å². The van der Waals surface area contributed by atoms with Crippen LogP contribution in [-0.2, 0) is 17.9 Å². The molecule has 132 valence electrons. The molecule has 1 heterocycles. The first-order valence-electron chi connectivity index (χ1n) is 8.89. The van der Waals surface area contributed by atoms with E-state index in [0.29, 0.717) is 6.04 Å². The molecule has 0 amide bonds. The molecule has 25 heavy (non-hydrogen) atoms. The van der Waals surface area contributed by atoms with Gasteiger partial charge in [-0.3, -0.25) is 14.6 Å². The van der Waals surface area contributed by atoms with Crippen LogP contribution in [0, 0.1) is 0 Å². The van der Waals surface area contributed by atoms with Crippen molar-refractivity contribution in [3.05, 3.63) is 71.8 Å². The summed E-state index contributed by atoms with van der Waals surface area (Å²) >= 11 is 0. The first kappa shape index (κ1) is 17.6. The van der Waals surface area contributed by atoms with Crippen LogP contribution in [0.5, 0.6) is 0 Å². The number of benzene rings is 2. The number of hydrogen-bond donors (Lipinski definition) is 1. The highest BCUT2D eigenvalue weighted by Crippen LogP contribution is 2.22.